The number of para-hydroxylation sites is 1. The van der Waals surface area contributed by atoms with Gasteiger partial charge in [0.1, 0.15) is 0 Å². The molecule has 5 nitrogen and oxygen atoms in total. The van der Waals surface area contributed by atoms with Gasteiger partial charge in [0.05, 0.1) is 17.7 Å². The van der Waals surface area contributed by atoms with E-state index >= 15 is 0 Å². The summed E-state index contributed by atoms with van der Waals surface area (Å²) in [5, 5.41) is 0. The van der Waals surface area contributed by atoms with Crippen LogP contribution in [-0.2, 0) is 19.6 Å². The van der Waals surface area contributed by atoms with Gasteiger partial charge in [0.2, 0.25) is 0 Å². The zero-order valence-corrected chi connectivity index (χ0v) is 18.0. The Morgan fingerprint density at radius 3 is 2.50 bits per heavy atom. The first-order chi connectivity index (χ1) is 14.4. The van der Waals surface area contributed by atoms with Crippen LogP contribution in [0.15, 0.2) is 71.7 Å². The number of aryl methyl sites for hydroxylation is 1. The average molecular weight is 424 g/mol. The van der Waals surface area contributed by atoms with Gasteiger partial charge >= 0.3 is 5.97 Å². The predicted molar refractivity (Wildman–Crippen MR) is 118 cm³/mol. The number of anilines is 1. The Hall–Kier alpha value is -2.86. The van der Waals surface area contributed by atoms with Crippen LogP contribution in [0.3, 0.4) is 0 Å². The van der Waals surface area contributed by atoms with E-state index in [9.17, 15) is 13.2 Å². The lowest BCUT2D eigenvalue weighted by atomic mass is 9.67. The number of sulfonamides is 1. The molecule has 2 aliphatic rings. The van der Waals surface area contributed by atoms with Crippen molar-refractivity contribution in [3.05, 3.63) is 77.9 Å². The molecular weight excluding hydrogens is 398 g/mol. The SMILES string of the molecule is COC(=O)/C=C1\c2ccccc2N(S(=O)(=O)c2ccc(C)cc2)C[C@]12CC=CCC2. The number of methoxy groups -OCH3 is 1. The van der Waals surface area contributed by atoms with Crippen LogP contribution >= 0.6 is 0 Å². The number of hydrogen-bond donors (Lipinski definition) is 0. The summed E-state index contributed by atoms with van der Waals surface area (Å²) < 4.78 is 33.8. The molecule has 1 heterocycles. The highest BCUT2D eigenvalue weighted by Crippen LogP contribution is 2.52. The summed E-state index contributed by atoms with van der Waals surface area (Å²) in [5.41, 5.74) is 2.73. The Bertz CT molecular complexity index is 1130. The smallest absolute Gasteiger partial charge is 0.330 e. The number of carbonyl (C=O) groups is 1. The van der Waals surface area contributed by atoms with Crippen molar-refractivity contribution in [1.29, 1.82) is 0 Å². The first-order valence-electron chi connectivity index (χ1n) is 10.0. The van der Waals surface area contributed by atoms with E-state index in [2.05, 4.69) is 12.2 Å². The third-order valence-electron chi connectivity index (χ3n) is 6.02. The summed E-state index contributed by atoms with van der Waals surface area (Å²) in [5.74, 6) is -0.427. The van der Waals surface area contributed by atoms with Gasteiger partial charge in [-0.2, -0.15) is 0 Å². The van der Waals surface area contributed by atoms with Gasteiger partial charge in [0, 0.05) is 23.6 Å². The molecule has 2 aromatic rings. The molecule has 0 saturated heterocycles. The van der Waals surface area contributed by atoms with E-state index in [1.165, 1.54) is 17.5 Å². The molecule has 1 aliphatic heterocycles. The van der Waals surface area contributed by atoms with E-state index in [1.54, 1.807) is 18.2 Å². The van der Waals surface area contributed by atoms with Crippen LogP contribution in [0.4, 0.5) is 5.69 Å². The second kappa shape index (κ2) is 7.76. The molecule has 0 amide bonds. The predicted octanol–water partition coefficient (Wildman–Crippen LogP) is 4.49. The standard InChI is InChI=1S/C24H25NO4S/c1-18-10-12-19(13-11-18)30(27,28)25-17-24(14-6-3-7-15-24)21(16-23(26)29-2)20-8-4-5-9-22(20)25/h3-6,8-13,16H,7,14-15,17H2,1-2H3/b21-16+/t24-/m1/s1. The largest absolute Gasteiger partial charge is 0.466 e. The number of fused-ring (bicyclic) bond motifs is 1. The third kappa shape index (κ3) is 3.45. The molecular formula is C24H25NO4S. The monoisotopic (exact) mass is 423 g/mol. The first-order valence-corrected chi connectivity index (χ1v) is 11.5. The molecule has 0 radical (unpaired) electrons. The Kier molecular flexibility index (Phi) is 5.28. The summed E-state index contributed by atoms with van der Waals surface area (Å²) >= 11 is 0. The molecule has 0 aromatic heterocycles. The van der Waals surface area contributed by atoms with Gasteiger partial charge in [-0.25, -0.2) is 13.2 Å². The number of hydrogen-bond acceptors (Lipinski definition) is 4. The molecule has 4 rings (SSSR count). The van der Waals surface area contributed by atoms with Crippen molar-refractivity contribution in [3.63, 3.8) is 0 Å². The third-order valence-corrected chi connectivity index (χ3v) is 7.79. The normalized spacial score (nSPS) is 22.2. The molecule has 156 valence electrons. The van der Waals surface area contributed by atoms with Crippen molar-refractivity contribution in [2.24, 2.45) is 5.41 Å². The lowest BCUT2D eigenvalue weighted by molar-refractivity contribution is -0.134. The van der Waals surface area contributed by atoms with Crippen LogP contribution < -0.4 is 4.31 Å². The van der Waals surface area contributed by atoms with Crippen molar-refractivity contribution in [1.82, 2.24) is 0 Å². The van der Waals surface area contributed by atoms with Crippen LogP contribution in [0.2, 0.25) is 0 Å². The van der Waals surface area contributed by atoms with Crippen LogP contribution in [0.5, 0.6) is 0 Å². The molecule has 1 aliphatic carbocycles. The molecule has 30 heavy (non-hydrogen) atoms. The van der Waals surface area contributed by atoms with Gasteiger partial charge in [-0.3, -0.25) is 4.31 Å². The number of rotatable bonds is 3. The highest BCUT2D eigenvalue weighted by Gasteiger charge is 2.45. The van der Waals surface area contributed by atoms with Crippen molar-refractivity contribution in [2.75, 3.05) is 18.0 Å². The van der Waals surface area contributed by atoms with Gasteiger partial charge in [0.25, 0.3) is 10.0 Å². The Morgan fingerprint density at radius 2 is 1.83 bits per heavy atom. The van der Waals surface area contributed by atoms with Crippen molar-refractivity contribution in [2.45, 2.75) is 31.1 Å². The maximum absolute atomic E-state index is 13.7. The number of esters is 1. The molecule has 0 fully saturated rings. The van der Waals surface area contributed by atoms with E-state index in [1.807, 2.05) is 37.3 Å². The molecule has 1 atom stereocenters. The minimum absolute atomic E-state index is 0.268. The fourth-order valence-corrected chi connectivity index (χ4v) is 5.96. The fourth-order valence-electron chi connectivity index (χ4n) is 4.39. The Labute approximate surface area is 177 Å². The molecule has 0 saturated carbocycles. The van der Waals surface area contributed by atoms with Gasteiger partial charge in [0.15, 0.2) is 0 Å². The Morgan fingerprint density at radius 1 is 1.10 bits per heavy atom. The van der Waals surface area contributed by atoms with E-state index < -0.39 is 21.4 Å². The number of benzene rings is 2. The van der Waals surface area contributed by atoms with Gasteiger partial charge in [-0.05, 0) is 50.0 Å². The lowest BCUT2D eigenvalue weighted by Crippen LogP contribution is -2.46. The number of allylic oxidation sites excluding steroid dienone is 2. The average Bonchev–Trinajstić information content (AvgIpc) is 2.76. The fraction of sp³-hybridized carbons (Fsp3) is 0.292. The van der Waals surface area contributed by atoms with E-state index in [0.717, 1.165) is 29.5 Å². The van der Waals surface area contributed by atoms with Crippen molar-refractivity contribution < 1.29 is 17.9 Å². The summed E-state index contributed by atoms with van der Waals surface area (Å²) in [6, 6.07) is 14.3. The molecule has 0 bridgehead atoms. The number of nitrogens with zero attached hydrogens (tertiary/aromatic N) is 1. The van der Waals surface area contributed by atoms with Crippen molar-refractivity contribution in [3.8, 4) is 0 Å². The van der Waals surface area contributed by atoms with E-state index in [4.69, 9.17) is 4.74 Å². The Balaban J connectivity index is 1.92. The minimum Gasteiger partial charge on any atom is -0.466 e. The van der Waals surface area contributed by atoms with E-state index in [-0.39, 0.29) is 11.4 Å². The molecule has 0 N–H and O–H groups in total. The maximum atomic E-state index is 13.7. The zero-order chi connectivity index (χ0) is 21.4. The quantitative estimate of drug-likeness (QED) is 0.415. The van der Waals surface area contributed by atoms with Gasteiger partial charge in [-0.1, -0.05) is 48.0 Å². The molecule has 1 spiro atoms. The molecule has 2 aromatic carbocycles. The van der Waals surface area contributed by atoms with Gasteiger partial charge < -0.3 is 4.74 Å². The number of carbonyl (C=O) groups excluding carboxylic acids is 1. The van der Waals surface area contributed by atoms with Gasteiger partial charge in [-0.15, -0.1) is 0 Å². The first kappa shape index (κ1) is 20.4. The van der Waals surface area contributed by atoms with Crippen LogP contribution in [-0.4, -0.2) is 28.0 Å². The summed E-state index contributed by atoms with van der Waals surface area (Å²) in [6.07, 6.45) is 8.00. The van der Waals surface area contributed by atoms with Crippen LogP contribution in [0.25, 0.3) is 5.57 Å². The van der Waals surface area contributed by atoms with Crippen LogP contribution in [0, 0.1) is 12.3 Å². The highest BCUT2D eigenvalue weighted by atomic mass is 32.2. The molecule has 6 heteroatoms. The maximum Gasteiger partial charge on any atom is 0.330 e. The summed E-state index contributed by atoms with van der Waals surface area (Å²) in [7, 11) is -2.40. The van der Waals surface area contributed by atoms with Crippen LogP contribution in [0.1, 0.15) is 30.4 Å². The second-order valence-electron chi connectivity index (χ2n) is 7.92. The summed E-state index contributed by atoms with van der Waals surface area (Å²) in [6.45, 7) is 2.22. The topological polar surface area (TPSA) is 63.7 Å². The molecule has 0 unspecified atom stereocenters. The lowest BCUT2D eigenvalue weighted by Gasteiger charge is -2.46. The second-order valence-corrected chi connectivity index (χ2v) is 9.78. The van der Waals surface area contributed by atoms with Crippen molar-refractivity contribution >= 4 is 27.3 Å². The minimum atomic E-state index is -3.76. The summed E-state index contributed by atoms with van der Waals surface area (Å²) in [4.78, 5) is 12.5. The van der Waals surface area contributed by atoms with E-state index in [0.29, 0.717) is 12.1 Å². The number of ether oxygens (including phenoxy) is 1. The zero-order valence-electron chi connectivity index (χ0n) is 17.2. The highest BCUT2D eigenvalue weighted by molar-refractivity contribution is 7.92.